The molecule has 3 unspecified atom stereocenters. The van der Waals surface area contributed by atoms with Gasteiger partial charge in [0.15, 0.2) is 0 Å². The van der Waals surface area contributed by atoms with Gasteiger partial charge >= 0.3 is 5.69 Å². The van der Waals surface area contributed by atoms with Crippen molar-refractivity contribution in [3.8, 4) is 12.3 Å². The minimum atomic E-state index is -0.867. The zero-order chi connectivity index (χ0) is 13.3. The predicted molar refractivity (Wildman–Crippen MR) is 60.9 cm³/mol. The van der Waals surface area contributed by atoms with Gasteiger partial charge in [-0.3, -0.25) is 14.3 Å². The molecule has 1 saturated heterocycles. The first-order chi connectivity index (χ1) is 8.56. The number of terminal acetylenes is 1. The molecule has 18 heavy (non-hydrogen) atoms. The van der Waals surface area contributed by atoms with Crippen molar-refractivity contribution in [3.05, 3.63) is 32.6 Å². The fourth-order valence-electron chi connectivity index (χ4n) is 1.85. The van der Waals surface area contributed by atoms with Crippen molar-refractivity contribution in [3.63, 3.8) is 0 Å². The summed E-state index contributed by atoms with van der Waals surface area (Å²) < 4.78 is 6.41. The normalized spacial score (nSPS) is 27.1. The first kappa shape index (κ1) is 12.6. The van der Waals surface area contributed by atoms with E-state index in [0.29, 0.717) is 0 Å². The summed E-state index contributed by atoms with van der Waals surface area (Å²) in [6.45, 7) is -0.349. The number of aliphatic hydroxyl groups excluding tert-OH is 2. The maximum absolute atomic E-state index is 11.6. The molecule has 7 nitrogen and oxygen atoms in total. The summed E-state index contributed by atoms with van der Waals surface area (Å²) >= 11 is 0. The summed E-state index contributed by atoms with van der Waals surface area (Å²) in [6.07, 6.45) is 4.11. The van der Waals surface area contributed by atoms with Crippen LogP contribution in [-0.4, -0.2) is 38.6 Å². The lowest BCUT2D eigenvalue weighted by Gasteiger charge is -2.14. The van der Waals surface area contributed by atoms with Gasteiger partial charge in [-0.1, -0.05) is 5.92 Å². The molecule has 1 aromatic rings. The lowest BCUT2D eigenvalue weighted by molar-refractivity contribution is -0.0459. The van der Waals surface area contributed by atoms with E-state index in [1.54, 1.807) is 0 Å². The number of nitrogens with one attached hydrogen (secondary N) is 1. The van der Waals surface area contributed by atoms with Crippen LogP contribution < -0.4 is 11.2 Å². The van der Waals surface area contributed by atoms with E-state index in [0.717, 1.165) is 4.57 Å². The molecule has 0 amide bonds. The Morgan fingerprint density at radius 2 is 2.33 bits per heavy atom. The van der Waals surface area contributed by atoms with Gasteiger partial charge in [0.1, 0.15) is 17.9 Å². The van der Waals surface area contributed by atoms with Crippen LogP contribution in [0.1, 0.15) is 18.2 Å². The van der Waals surface area contributed by atoms with Gasteiger partial charge in [-0.15, -0.1) is 6.42 Å². The zero-order valence-corrected chi connectivity index (χ0v) is 9.37. The largest absolute Gasteiger partial charge is 0.394 e. The Morgan fingerprint density at radius 1 is 1.61 bits per heavy atom. The van der Waals surface area contributed by atoms with Crippen LogP contribution in [0.25, 0.3) is 0 Å². The van der Waals surface area contributed by atoms with Crippen LogP contribution in [0, 0.1) is 12.3 Å². The Labute approximate surface area is 102 Å². The van der Waals surface area contributed by atoms with Gasteiger partial charge in [0.05, 0.1) is 12.7 Å². The molecule has 2 rings (SSSR count). The van der Waals surface area contributed by atoms with Gasteiger partial charge in [-0.2, -0.15) is 0 Å². The first-order valence-corrected chi connectivity index (χ1v) is 5.33. The number of hydrogen-bond acceptors (Lipinski definition) is 5. The molecule has 0 radical (unpaired) electrons. The number of aliphatic hydroxyl groups is 2. The van der Waals surface area contributed by atoms with Crippen LogP contribution in [0.3, 0.4) is 0 Å². The predicted octanol–water partition coefficient (Wildman–Crippen LogP) is -1.84. The van der Waals surface area contributed by atoms with Gasteiger partial charge in [0, 0.05) is 12.6 Å². The van der Waals surface area contributed by atoms with Crippen LogP contribution in [-0.2, 0) is 4.74 Å². The van der Waals surface area contributed by atoms with E-state index in [9.17, 15) is 14.7 Å². The highest BCUT2D eigenvalue weighted by Crippen LogP contribution is 2.27. The zero-order valence-electron chi connectivity index (χ0n) is 9.37. The molecule has 1 fully saturated rings. The van der Waals surface area contributed by atoms with Crippen LogP contribution in [0.5, 0.6) is 0 Å². The number of hydrogen-bond donors (Lipinski definition) is 3. The Morgan fingerprint density at radius 3 is 2.89 bits per heavy atom. The molecule has 1 aromatic heterocycles. The third-order valence-electron chi connectivity index (χ3n) is 2.82. The molecule has 96 valence electrons. The van der Waals surface area contributed by atoms with Crippen molar-refractivity contribution < 1.29 is 14.9 Å². The fourth-order valence-corrected chi connectivity index (χ4v) is 1.85. The van der Waals surface area contributed by atoms with Crippen molar-refractivity contribution in [2.75, 3.05) is 6.61 Å². The average molecular weight is 253 g/mol. The second kappa shape index (κ2) is 4.78. The quantitative estimate of drug-likeness (QED) is 0.424. The van der Waals surface area contributed by atoms with E-state index in [1.807, 2.05) is 0 Å². The van der Waals surface area contributed by atoms with Gasteiger partial charge in [0.2, 0.25) is 0 Å². The molecular formula is C11H12N2O5. The van der Waals surface area contributed by atoms with E-state index in [2.05, 4.69) is 10.9 Å². The second-order valence-corrected chi connectivity index (χ2v) is 3.97. The minimum Gasteiger partial charge on any atom is -0.394 e. The smallest absolute Gasteiger partial charge is 0.330 e. The van der Waals surface area contributed by atoms with Gasteiger partial charge < -0.3 is 14.9 Å². The van der Waals surface area contributed by atoms with Crippen molar-refractivity contribution in [1.82, 2.24) is 9.55 Å². The van der Waals surface area contributed by atoms with Crippen molar-refractivity contribution >= 4 is 0 Å². The fraction of sp³-hybridized carbons (Fsp3) is 0.455. The van der Waals surface area contributed by atoms with Crippen LogP contribution >= 0.6 is 0 Å². The lowest BCUT2D eigenvalue weighted by Crippen LogP contribution is -2.33. The van der Waals surface area contributed by atoms with E-state index >= 15 is 0 Å². The third kappa shape index (κ3) is 2.09. The molecule has 1 aliphatic heterocycles. The summed E-state index contributed by atoms with van der Waals surface area (Å²) in [5.74, 6) is 2.15. The molecule has 0 aromatic carbocycles. The van der Waals surface area contributed by atoms with Crippen LogP contribution in [0.4, 0.5) is 0 Å². The third-order valence-corrected chi connectivity index (χ3v) is 2.82. The molecular weight excluding hydrogens is 241 g/mol. The summed E-state index contributed by atoms with van der Waals surface area (Å²) in [4.78, 5) is 25.0. The average Bonchev–Trinajstić information content (AvgIpc) is 2.70. The first-order valence-electron chi connectivity index (χ1n) is 5.33. The molecule has 7 heteroatoms. The van der Waals surface area contributed by atoms with Gasteiger partial charge in [-0.05, 0) is 0 Å². The SMILES string of the molecule is C#[13C]c1cn(C2CC(O)C(CO)O2)c(=O)[nH]c1=O. The number of rotatable bonds is 2. The Bertz CT molecular complexity index is 597. The van der Waals surface area contributed by atoms with Crippen LogP contribution in [0.15, 0.2) is 15.8 Å². The van der Waals surface area contributed by atoms with Gasteiger partial charge in [0.25, 0.3) is 5.56 Å². The highest BCUT2D eigenvalue weighted by molar-refractivity contribution is 5.26. The number of aromatic nitrogens is 2. The lowest BCUT2D eigenvalue weighted by atomic mass is 10.2. The maximum Gasteiger partial charge on any atom is 0.330 e. The summed E-state index contributed by atoms with van der Waals surface area (Å²) in [7, 11) is 0. The summed E-state index contributed by atoms with van der Waals surface area (Å²) in [6, 6.07) is 0. The number of H-pyrrole nitrogens is 1. The molecule has 3 atom stereocenters. The Kier molecular flexibility index (Phi) is 3.34. The minimum absolute atomic E-state index is 0.000128. The number of nitrogens with zero attached hydrogens (tertiary/aromatic N) is 1. The molecule has 1 aliphatic rings. The van der Waals surface area contributed by atoms with E-state index in [-0.39, 0.29) is 18.6 Å². The Hall–Kier alpha value is -1.88. The molecule has 2 heterocycles. The number of aromatic amines is 1. The summed E-state index contributed by atoms with van der Waals surface area (Å²) in [5, 5.41) is 18.5. The monoisotopic (exact) mass is 253 g/mol. The van der Waals surface area contributed by atoms with E-state index in [1.165, 1.54) is 6.20 Å². The summed E-state index contributed by atoms with van der Waals surface area (Å²) in [5.41, 5.74) is -1.31. The standard InChI is InChI=1S/C11H12N2O5/c1-2-6-4-13(11(17)12-10(6)16)9-3-7(15)8(5-14)18-9/h1,4,7-9,14-15H,3,5H2,(H,12,16,17)/i2+1. The highest BCUT2D eigenvalue weighted by atomic mass is 16.5. The molecule has 0 aliphatic carbocycles. The highest BCUT2D eigenvalue weighted by Gasteiger charge is 2.35. The molecule has 0 bridgehead atoms. The van der Waals surface area contributed by atoms with Crippen molar-refractivity contribution in [2.45, 2.75) is 24.9 Å². The van der Waals surface area contributed by atoms with Crippen molar-refractivity contribution in [1.29, 1.82) is 0 Å². The van der Waals surface area contributed by atoms with E-state index in [4.69, 9.17) is 16.3 Å². The molecule has 3 N–H and O–H groups in total. The second-order valence-electron chi connectivity index (χ2n) is 3.97. The van der Waals surface area contributed by atoms with Crippen LogP contribution in [0.2, 0.25) is 0 Å². The van der Waals surface area contributed by atoms with E-state index < -0.39 is 29.7 Å². The molecule has 0 spiro atoms. The maximum atomic E-state index is 11.6. The van der Waals surface area contributed by atoms with Gasteiger partial charge in [-0.25, -0.2) is 4.79 Å². The Balaban J connectivity index is 2.39. The topological polar surface area (TPSA) is 105 Å². The molecule has 0 saturated carbocycles. The van der Waals surface area contributed by atoms with Crippen molar-refractivity contribution in [2.24, 2.45) is 0 Å². The number of ether oxygens (including phenoxy) is 1.